The first-order valence-corrected chi connectivity index (χ1v) is 12.7. The molecule has 0 fully saturated rings. The maximum Gasteiger partial charge on any atom is 0.413 e. The van der Waals surface area contributed by atoms with Crippen molar-refractivity contribution in [2.75, 3.05) is 25.3 Å². The number of aromatic amines is 1. The molecule has 0 radical (unpaired) electrons. The van der Waals surface area contributed by atoms with Crippen molar-refractivity contribution >= 4 is 42.8 Å². The number of H-pyrrole nitrogens is 1. The minimum Gasteiger partial charge on any atom is -0.449 e. The number of ether oxygens (including phenoxy) is 3. The van der Waals surface area contributed by atoms with Crippen LogP contribution in [0.15, 0.2) is 53.3 Å². The molecule has 230 valence electrons. The van der Waals surface area contributed by atoms with Crippen LogP contribution in [-0.2, 0) is 11.2 Å². The molecule has 2 aromatic carbocycles. The molecule has 0 aliphatic carbocycles. The summed E-state index contributed by atoms with van der Waals surface area (Å²) in [5, 5.41) is 11.5. The summed E-state index contributed by atoms with van der Waals surface area (Å²) in [7, 11) is 0. The average Bonchev–Trinajstić information content (AvgIpc) is 2.99. The number of aromatic nitrogens is 2. The van der Waals surface area contributed by atoms with Crippen LogP contribution in [0, 0.1) is 6.92 Å². The second-order valence-corrected chi connectivity index (χ2v) is 8.53. The van der Waals surface area contributed by atoms with Crippen molar-refractivity contribution in [2.45, 2.75) is 13.3 Å². The molecule has 44 heavy (non-hydrogen) atoms. The number of aldehydes is 2. The molecular formula is C27H27N7O10. The van der Waals surface area contributed by atoms with E-state index < -0.39 is 29.9 Å². The summed E-state index contributed by atoms with van der Waals surface area (Å²) in [5.74, 6) is 0.223. The summed E-state index contributed by atoms with van der Waals surface area (Å²) in [5.41, 5.74) is 0.719. The lowest BCUT2D eigenvalue weighted by atomic mass is 10.2. The molecule has 0 aliphatic rings. The van der Waals surface area contributed by atoms with Gasteiger partial charge in [0.15, 0.2) is 0 Å². The highest BCUT2D eigenvalue weighted by Gasteiger charge is 2.12. The van der Waals surface area contributed by atoms with E-state index in [1.54, 1.807) is 0 Å². The van der Waals surface area contributed by atoms with Crippen molar-refractivity contribution in [2.24, 2.45) is 0 Å². The van der Waals surface area contributed by atoms with Gasteiger partial charge in [-0.3, -0.25) is 24.7 Å². The van der Waals surface area contributed by atoms with Crippen LogP contribution in [-0.4, -0.2) is 66.8 Å². The average molecular weight is 610 g/mol. The number of carbonyl (C=O) groups is 6. The van der Waals surface area contributed by atoms with Crippen LogP contribution in [0.4, 0.5) is 25.1 Å². The zero-order valence-corrected chi connectivity index (χ0v) is 23.1. The molecule has 3 rings (SSSR count). The highest BCUT2D eigenvalue weighted by Crippen LogP contribution is 2.12. The van der Waals surface area contributed by atoms with Gasteiger partial charge >= 0.3 is 24.3 Å². The minimum atomic E-state index is -0.870. The van der Waals surface area contributed by atoms with Crippen molar-refractivity contribution in [3.05, 3.63) is 81.3 Å². The number of aryl methyl sites for hydroxylation is 1. The Labute approximate surface area is 248 Å². The first kappa shape index (κ1) is 32.3. The number of amides is 5. The molecule has 6 N–H and O–H groups in total. The largest absolute Gasteiger partial charge is 0.449 e. The van der Waals surface area contributed by atoms with E-state index in [9.17, 15) is 33.6 Å². The highest BCUT2D eigenvalue weighted by atomic mass is 16.6. The molecule has 0 aliphatic heterocycles. The second kappa shape index (κ2) is 16.2. The molecule has 17 nitrogen and oxygen atoms in total. The quantitative estimate of drug-likeness (QED) is 0.127. The number of benzene rings is 2. The molecular weight excluding hydrogens is 582 g/mol. The third-order valence-electron chi connectivity index (χ3n) is 5.44. The van der Waals surface area contributed by atoms with Gasteiger partial charge in [0.25, 0.3) is 5.56 Å². The van der Waals surface area contributed by atoms with Gasteiger partial charge in [0, 0.05) is 23.1 Å². The van der Waals surface area contributed by atoms with Crippen LogP contribution in [0.25, 0.3) is 0 Å². The Morgan fingerprint density at radius 1 is 0.773 bits per heavy atom. The normalized spacial score (nSPS) is 10.0. The van der Waals surface area contributed by atoms with Gasteiger partial charge in [-0.2, -0.15) is 0 Å². The van der Waals surface area contributed by atoms with Crippen LogP contribution in [0.5, 0.6) is 11.5 Å². The van der Waals surface area contributed by atoms with Crippen LogP contribution >= 0.6 is 0 Å². The van der Waals surface area contributed by atoms with Crippen LogP contribution in [0.1, 0.15) is 32.0 Å². The van der Waals surface area contributed by atoms with E-state index in [0.29, 0.717) is 23.7 Å². The fourth-order valence-electron chi connectivity index (χ4n) is 3.31. The lowest BCUT2D eigenvalue weighted by molar-refractivity contribution is 0.111. The summed E-state index contributed by atoms with van der Waals surface area (Å²) in [6.45, 7) is 0.710. The minimum absolute atomic E-state index is 0.00419. The van der Waals surface area contributed by atoms with Crippen molar-refractivity contribution in [3.63, 3.8) is 0 Å². The highest BCUT2D eigenvalue weighted by molar-refractivity contribution is 5.87. The van der Waals surface area contributed by atoms with Gasteiger partial charge < -0.3 is 35.5 Å². The summed E-state index contributed by atoms with van der Waals surface area (Å²) in [6.07, 6.45) is -1.28. The molecule has 3 aromatic rings. The summed E-state index contributed by atoms with van der Waals surface area (Å²) in [4.78, 5) is 87.8. The van der Waals surface area contributed by atoms with Crippen LogP contribution in [0.2, 0.25) is 0 Å². The third-order valence-corrected chi connectivity index (χ3v) is 5.44. The lowest BCUT2D eigenvalue weighted by Crippen LogP contribution is -2.41. The Balaban J connectivity index is 1.34. The summed E-state index contributed by atoms with van der Waals surface area (Å²) < 4.78 is 15.0. The van der Waals surface area contributed by atoms with Gasteiger partial charge in [0.1, 0.15) is 24.1 Å². The molecule has 0 unspecified atom stereocenters. The Morgan fingerprint density at radius 3 is 1.77 bits per heavy atom. The topological polar surface area (TPSA) is 236 Å². The number of hydrogen-bond acceptors (Lipinski definition) is 11. The van der Waals surface area contributed by atoms with E-state index in [4.69, 9.17) is 14.2 Å². The Morgan fingerprint density at radius 2 is 1.27 bits per heavy atom. The van der Waals surface area contributed by atoms with E-state index in [1.807, 2.05) is 0 Å². The Hall–Kier alpha value is -6.26. The number of rotatable bonds is 12. The zero-order valence-electron chi connectivity index (χ0n) is 23.1. The Kier molecular flexibility index (Phi) is 11.9. The monoisotopic (exact) mass is 609 g/mol. The molecule has 5 amide bonds. The molecule has 17 heteroatoms. The smallest absolute Gasteiger partial charge is 0.413 e. The predicted octanol–water partition coefficient (Wildman–Crippen LogP) is 1.59. The van der Waals surface area contributed by atoms with Gasteiger partial charge in [-0.05, 0) is 55.5 Å². The van der Waals surface area contributed by atoms with Crippen molar-refractivity contribution in [1.82, 2.24) is 31.2 Å². The maximum absolute atomic E-state index is 12.5. The molecule has 0 saturated heterocycles. The molecule has 1 heterocycles. The van der Waals surface area contributed by atoms with Gasteiger partial charge in [-0.1, -0.05) is 0 Å². The third kappa shape index (κ3) is 10.6. The SMILES string of the molecule is Cc1nc(NC(=O)NCNC(=O)Oc2ccc(C=O)cc2)[nH]c(=O)c1CCOC(=O)NCNC(=O)Oc1ccc(C=O)cc1. The summed E-state index contributed by atoms with van der Waals surface area (Å²) in [6, 6.07) is 10.8. The van der Waals surface area contributed by atoms with E-state index in [2.05, 4.69) is 36.6 Å². The van der Waals surface area contributed by atoms with Gasteiger partial charge in [-0.15, -0.1) is 0 Å². The molecule has 0 saturated carbocycles. The first-order valence-electron chi connectivity index (χ1n) is 12.7. The number of nitrogens with one attached hydrogen (secondary N) is 6. The fraction of sp³-hybridized carbons (Fsp3) is 0.185. The van der Waals surface area contributed by atoms with Crippen LogP contribution < -0.4 is 41.6 Å². The second-order valence-electron chi connectivity index (χ2n) is 8.53. The maximum atomic E-state index is 12.5. The van der Waals surface area contributed by atoms with Crippen molar-refractivity contribution < 1.29 is 43.0 Å². The number of urea groups is 1. The van der Waals surface area contributed by atoms with Crippen molar-refractivity contribution in [1.29, 1.82) is 0 Å². The first-order chi connectivity index (χ1) is 21.2. The van der Waals surface area contributed by atoms with E-state index in [1.165, 1.54) is 55.5 Å². The van der Waals surface area contributed by atoms with E-state index in [-0.39, 0.29) is 55.1 Å². The van der Waals surface area contributed by atoms with Gasteiger partial charge in [0.2, 0.25) is 5.95 Å². The zero-order chi connectivity index (χ0) is 31.9. The van der Waals surface area contributed by atoms with E-state index in [0.717, 1.165) is 0 Å². The number of anilines is 1. The molecule has 1 aromatic heterocycles. The fourth-order valence-corrected chi connectivity index (χ4v) is 3.31. The number of alkyl carbamates (subject to hydrolysis) is 1. The lowest BCUT2D eigenvalue weighted by Gasteiger charge is -2.11. The number of hydrogen-bond donors (Lipinski definition) is 6. The van der Waals surface area contributed by atoms with Gasteiger partial charge in [0.05, 0.1) is 25.6 Å². The number of nitrogens with zero attached hydrogens (tertiary/aromatic N) is 1. The van der Waals surface area contributed by atoms with Crippen molar-refractivity contribution in [3.8, 4) is 11.5 Å². The van der Waals surface area contributed by atoms with E-state index >= 15 is 0 Å². The standard InChI is InChI=1S/C27H27N7O10/c1-16-21(10-11-42-25(39)29-15-31-27(41)44-20-8-4-18(13-36)5-9-20)22(37)33-23(32-16)34-24(38)28-14-30-26(40)43-19-6-2-17(12-35)3-7-19/h2-9,12-13H,10-11,14-15H2,1H3,(H,29,39)(H,30,40)(H,31,41)(H3,28,32,33,34,37,38). The van der Waals surface area contributed by atoms with Crippen LogP contribution in [0.3, 0.4) is 0 Å². The summed E-state index contributed by atoms with van der Waals surface area (Å²) >= 11 is 0. The van der Waals surface area contributed by atoms with Gasteiger partial charge in [-0.25, -0.2) is 24.2 Å². The predicted molar refractivity (Wildman–Crippen MR) is 152 cm³/mol. The molecule has 0 bridgehead atoms. The molecule has 0 spiro atoms. The molecule has 0 atom stereocenters. The number of carbonyl (C=O) groups excluding carboxylic acids is 6. The Bertz CT molecular complexity index is 1560.